The summed E-state index contributed by atoms with van der Waals surface area (Å²) < 4.78 is 20.0. The fraction of sp³-hybridized carbons (Fsp3) is 0.500. The third-order valence-corrected chi connectivity index (χ3v) is 4.36. The van der Waals surface area contributed by atoms with Crippen LogP contribution in [-0.4, -0.2) is 44.3 Å². The highest BCUT2D eigenvalue weighted by Gasteiger charge is 2.23. The van der Waals surface area contributed by atoms with Crippen molar-refractivity contribution < 1.29 is 33.3 Å². The van der Waals surface area contributed by atoms with E-state index in [-0.39, 0.29) is 19.0 Å². The molecule has 148 valence electrons. The van der Waals surface area contributed by atoms with Crippen molar-refractivity contribution in [2.45, 2.75) is 27.2 Å². The van der Waals surface area contributed by atoms with Crippen LogP contribution in [0.15, 0.2) is 17.4 Å². The van der Waals surface area contributed by atoms with Crippen molar-refractivity contribution >= 4 is 34.2 Å². The molecule has 2 rings (SSSR count). The van der Waals surface area contributed by atoms with Crippen LogP contribution in [0.2, 0.25) is 0 Å². The van der Waals surface area contributed by atoms with E-state index >= 15 is 0 Å². The number of hydrogen-bond donors (Lipinski definition) is 1. The molecule has 0 radical (unpaired) electrons. The molecule has 0 atom stereocenters. The summed E-state index contributed by atoms with van der Waals surface area (Å²) >= 11 is 1.23. The molecule has 1 aliphatic rings. The van der Waals surface area contributed by atoms with E-state index in [0.29, 0.717) is 29.5 Å². The Kier molecular flexibility index (Phi) is 7.66. The standard InChI is InChI=1S/C18H23NO7S/c1-4-24-18(22)15-12(7-11(2)3)10-27-16(15)19-14(20)9-26-17(21)13-8-23-5-6-25-13/h8,10-11H,4-7,9H2,1-3H3,(H,19,20). The molecule has 1 aromatic rings. The molecule has 0 aromatic carbocycles. The van der Waals surface area contributed by atoms with Gasteiger partial charge in [-0.1, -0.05) is 13.8 Å². The van der Waals surface area contributed by atoms with E-state index in [1.807, 2.05) is 19.2 Å². The third-order valence-electron chi connectivity index (χ3n) is 3.41. The summed E-state index contributed by atoms with van der Waals surface area (Å²) in [6.07, 6.45) is 1.83. The molecule has 0 bridgehead atoms. The van der Waals surface area contributed by atoms with Gasteiger partial charge in [0.2, 0.25) is 5.76 Å². The number of amides is 1. The first kappa shape index (κ1) is 20.8. The monoisotopic (exact) mass is 397 g/mol. The Morgan fingerprint density at radius 1 is 1.22 bits per heavy atom. The molecule has 1 N–H and O–H groups in total. The van der Waals surface area contributed by atoms with Crippen LogP contribution in [0.25, 0.3) is 0 Å². The van der Waals surface area contributed by atoms with Crippen LogP contribution in [-0.2, 0) is 35.0 Å². The number of rotatable bonds is 8. The maximum absolute atomic E-state index is 12.3. The summed E-state index contributed by atoms with van der Waals surface area (Å²) in [6, 6.07) is 0. The lowest BCUT2D eigenvalue weighted by atomic mass is 10.0. The molecule has 0 saturated heterocycles. The third kappa shape index (κ3) is 5.99. The number of esters is 2. The predicted molar refractivity (Wildman–Crippen MR) is 98.4 cm³/mol. The van der Waals surface area contributed by atoms with E-state index in [4.69, 9.17) is 18.9 Å². The Morgan fingerprint density at radius 3 is 2.63 bits per heavy atom. The number of ether oxygens (including phenoxy) is 4. The molecule has 0 spiro atoms. The lowest BCUT2D eigenvalue weighted by Gasteiger charge is -2.14. The van der Waals surface area contributed by atoms with Gasteiger partial charge in [0.05, 0.1) is 12.2 Å². The van der Waals surface area contributed by atoms with Crippen molar-refractivity contribution in [1.29, 1.82) is 0 Å². The second-order valence-electron chi connectivity index (χ2n) is 6.11. The van der Waals surface area contributed by atoms with Gasteiger partial charge in [0.25, 0.3) is 5.91 Å². The van der Waals surface area contributed by atoms with Gasteiger partial charge in [-0.2, -0.15) is 0 Å². The highest BCUT2D eigenvalue weighted by molar-refractivity contribution is 7.15. The lowest BCUT2D eigenvalue weighted by molar-refractivity contribution is -0.148. The Bertz CT molecular complexity index is 723. The number of carbonyl (C=O) groups is 3. The Labute approximate surface area is 161 Å². The molecule has 1 aromatic heterocycles. The first-order chi connectivity index (χ1) is 12.9. The minimum Gasteiger partial charge on any atom is -0.493 e. The van der Waals surface area contributed by atoms with Crippen molar-refractivity contribution in [3.05, 3.63) is 28.5 Å². The fourth-order valence-corrected chi connectivity index (χ4v) is 3.32. The van der Waals surface area contributed by atoms with Gasteiger partial charge < -0.3 is 24.3 Å². The van der Waals surface area contributed by atoms with Crippen molar-refractivity contribution in [2.75, 3.05) is 31.7 Å². The van der Waals surface area contributed by atoms with E-state index in [0.717, 1.165) is 11.8 Å². The molecule has 8 nitrogen and oxygen atoms in total. The second-order valence-corrected chi connectivity index (χ2v) is 6.99. The van der Waals surface area contributed by atoms with Crippen molar-refractivity contribution in [2.24, 2.45) is 5.92 Å². The molecule has 2 heterocycles. The highest BCUT2D eigenvalue weighted by atomic mass is 32.1. The van der Waals surface area contributed by atoms with E-state index in [1.54, 1.807) is 6.92 Å². The molecule has 1 aliphatic heterocycles. The van der Waals surface area contributed by atoms with Crippen LogP contribution in [0.5, 0.6) is 0 Å². The van der Waals surface area contributed by atoms with Crippen LogP contribution < -0.4 is 5.32 Å². The van der Waals surface area contributed by atoms with E-state index < -0.39 is 24.5 Å². The van der Waals surface area contributed by atoms with Crippen molar-refractivity contribution in [3.8, 4) is 0 Å². The topological polar surface area (TPSA) is 100 Å². The van der Waals surface area contributed by atoms with E-state index in [9.17, 15) is 14.4 Å². The first-order valence-corrected chi connectivity index (χ1v) is 9.49. The van der Waals surface area contributed by atoms with E-state index in [2.05, 4.69) is 5.32 Å². The molecule has 1 amide bonds. The van der Waals surface area contributed by atoms with Gasteiger partial charge in [-0.25, -0.2) is 9.59 Å². The molecular weight excluding hydrogens is 374 g/mol. The second kappa shape index (κ2) is 9.96. The number of hydrogen-bond acceptors (Lipinski definition) is 8. The van der Waals surface area contributed by atoms with Gasteiger partial charge in [-0.05, 0) is 30.2 Å². The summed E-state index contributed by atoms with van der Waals surface area (Å²) in [7, 11) is 0. The summed E-state index contributed by atoms with van der Waals surface area (Å²) in [5, 5.41) is 4.81. The smallest absolute Gasteiger partial charge is 0.377 e. The van der Waals surface area contributed by atoms with Crippen LogP contribution in [0.3, 0.4) is 0 Å². The van der Waals surface area contributed by atoms with Crippen molar-refractivity contribution in [1.82, 2.24) is 0 Å². The SMILES string of the molecule is CCOC(=O)c1c(CC(C)C)csc1NC(=O)COC(=O)C1=COCCO1. The number of anilines is 1. The molecule has 0 aliphatic carbocycles. The molecular formula is C18H23NO7S. The highest BCUT2D eigenvalue weighted by Crippen LogP contribution is 2.31. The Balaban J connectivity index is 2.01. The van der Waals surface area contributed by atoms with Crippen LogP contribution in [0.1, 0.15) is 36.7 Å². The fourth-order valence-electron chi connectivity index (χ4n) is 2.34. The van der Waals surface area contributed by atoms with E-state index in [1.165, 1.54) is 11.3 Å². The number of thiophene rings is 1. The van der Waals surface area contributed by atoms with Gasteiger partial charge in [0.15, 0.2) is 6.61 Å². The zero-order valence-corrected chi connectivity index (χ0v) is 16.4. The maximum atomic E-state index is 12.3. The molecule has 0 unspecified atom stereocenters. The van der Waals surface area contributed by atoms with Crippen LogP contribution in [0, 0.1) is 5.92 Å². The molecule has 0 saturated carbocycles. The molecule has 27 heavy (non-hydrogen) atoms. The Morgan fingerprint density at radius 2 is 2.00 bits per heavy atom. The summed E-state index contributed by atoms with van der Waals surface area (Å²) in [5.41, 5.74) is 1.17. The maximum Gasteiger partial charge on any atom is 0.377 e. The molecule has 0 fully saturated rings. The minimum absolute atomic E-state index is 0.0865. The normalized spacial score (nSPS) is 13.3. The Hall–Kier alpha value is -2.55. The minimum atomic E-state index is -0.790. The van der Waals surface area contributed by atoms with Gasteiger partial charge in [-0.3, -0.25) is 4.79 Å². The number of nitrogens with one attached hydrogen (secondary N) is 1. The van der Waals surface area contributed by atoms with Gasteiger partial charge in [0, 0.05) is 0 Å². The summed E-state index contributed by atoms with van der Waals surface area (Å²) in [5.74, 6) is -1.59. The van der Waals surface area contributed by atoms with Crippen molar-refractivity contribution in [3.63, 3.8) is 0 Å². The van der Waals surface area contributed by atoms with Crippen LogP contribution in [0.4, 0.5) is 5.00 Å². The zero-order chi connectivity index (χ0) is 19.8. The molecule has 9 heteroatoms. The average molecular weight is 397 g/mol. The summed E-state index contributed by atoms with van der Waals surface area (Å²) in [4.78, 5) is 36.2. The summed E-state index contributed by atoms with van der Waals surface area (Å²) in [6.45, 7) is 6.11. The van der Waals surface area contributed by atoms with Gasteiger partial charge in [0.1, 0.15) is 24.5 Å². The largest absolute Gasteiger partial charge is 0.493 e. The van der Waals surface area contributed by atoms with Gasteiger partial charge in [-0.15, -0.1) is 11.3 Å². The predicted octanol–water partition coefficient (Wildman–Crippen LogP) is 2.49. The van der Waals surface area contributed by atoms with Crippen LogP contribution >= 0.6 is 11.3 Å². The quantitative estimate of drug-likeness (QED) is 0.673. The zero-order valence-electron chi connectivity index (χ0n) is 15.5. The lowest BCUT2D eigenvalue weighted by Crippen LogP contribution is -2.24. The average Bonchev–Trinajstić information content (AvgIpc) is 3.02. The first-order valence-electron chi connectivity index (χ1n) is 8.61. The van der Waals surface area contributed by atoms with Gasteiger partial charge >= 0.3 is 11.9 Å². The number of carbonyl (C=O) groups excluding carboxylic acids is 3.